The van der Waals surface area contributed by atoms with Crippen LogP contribution in [0.3, 0.4) is 0 Å². The molecule has 3 nitrogen and oxygen atoms in total. The molecule has 0 aliphatic carbocycles. The van der Waals surface area contributed by atoms with E-state index in [-0.39, 0.29) is 0 Å². The summed E-state index contributed by atoms with van der Waals surface area (Å²) in [6.45, 7) is 0. The maximum absolute atomic E-state index is 6.67. The van der Waals surface area contributed by atoms with Crippen molar-refractivity contribution < 1.29 is 8.83 Å². The van der Waals surface area contributed by atoms with Gasteiger partial charge in [0.25, 0.3) is 0 Å². The Hall–Kier alpha value is -7.62. The molecule has 0 unspecified atom stereocenters. The standard InChI is InChI=1S/C54H33NO2/c1-2-13-34(14-3-1)35-27-29-37(30-28-35)55(47-24-12-23-45-40-17-6-8-25-48(40)57-54(45)47)38-16-10-15-36(33-38)39-21-11-22-42-44-31-32-50-53(46-20-7-9-26-49(46)56-50)52(44)43-19-5-4-18-41(43)51(39)42/h1-33H. The lowest BCUT2D eigenvalue weighted by molar-refractivity contribution is 0.669. The second kappa shape index (κ2) is 12.5. The minimum absolute atomic E-state index is 0.858. The van der Waals surface area contributed by atoms with Crippen LogP contribution in [0.1, 0.15) is 0 Å². The smallest absolute Gasteiger partial charge is 0.159 e. The molecule has 266 valence electrons. The molecular formula is C54H33NO2. The molecular weight excluding hydrogens is 695 g/mol. The first-order valence-corrected chi connectivity index (χ1v) is 19.4. The zero-order valence-corrected chi connectivity index (χ0v) is 30.8. The van der Waals surface area contributed by atoms with Gasteiger partial charge in [-0.25, -0.2) is 0 Å². The molecule has 0 aliphatic rings. The minimum atomic E-state index is 0.858. The highest BCUT2D eigenvalue weighted by Gasteiger charge is 2.22. The van der Waals surface area contributed by atoms with E-state index >= 15 is 0 Å². The van der Waals surface area contributed by atoms with E-state index in [1.807, 2.05) is 18.2 Å². The Bertz CT molecular complexity index is 3490. The molecule has 57 heavy (non-hydrogen) atoms. The van der Waals surface area contributed by atoms with Gasteiger partial charge in [0.15, 0.2) is 5.58 Å². The molecule has 0 saturated carbocycles. The predicted molar refractivity (Wildman–Crippen MR) is 239 cm³/mol. The van der Waals surface area contributed by atoms with E-state index in [4.69, 9.17) is 8.83 Å². The minimum Gasteiger partial charge on any atom is -0.456 e. The summed E-state index contributed by atoms with van der Waals surface area (Å²) in [6, 6.07) is 71.4. The van der Waals surface area contributed by atoms with Crippen LogP contribution in [-0.4, -0.2) is 0 Å². The Morgan fingerprint density at radius 3 is 1.68 bits per heavy atom. The lowest BCUT2D eigenvalue weighted by Gasteiger charge is -2.26. The highest BCUT2D eigenvalue weighted by molar-refractivity contribution is 6.36. The number of hydrogen-bond donors (Lipinski definition) is 0. The summed E-state index contributed by atoms with van der Waals surface area (Å²) in [6.07, 6.45) is 0. The average Bonchev–Trinajstić information content (AvgIpc) is 3.86. The number of benzene rings is 10. The molecule has 0 N–H and O–H groups in total. The van der Waals surface area contributed by atoms with Crippen LogP contribution in [0.25, 0.3) is 98.4 Å². The number of para-hydroxylation sites is 3. The average molecular weight is 728 g/mol. The lowest BCUT2D eigenvalue weighted by Crippen LogP contribution is -2.10. The predicted octanol–water partition coefficient (Wildman–Crippen LogP) is 15.7. The Morgan fingerprint density at radius 2 is 0.877 bits per heavy atom. The second-order valence-corrected chi connectivity index (χ2v) is 14.8. The normalized spacial score (nSPS) is 11.9. The van der Waals surface area contributed by atoms with Crippen molar-refractivity contribution >= 4 is 93.3 Å². The SMILES string of the molecule is c1ccc(-c2ccc(N(c3cccc(-c4cccc5c6ccc7oc8ccccc8c7c6c6ccccc6c45)c3)c3cccc4c3oc3ccccc34)cc2)cc1. The van der Waals surface area contributed by atoms with E-state index in [0.717, 1.165) is 61.1 Å². The zero-order chi connectivity index (χ0) is 37.5. The van der Waals surface area contributed by atoms with E-state index in [0.29, 0.717) is 0 Å². The van der Waals surface area contributed by atoms with Gasteiger partial charge < -0.3 is 13.7 Å². The largest absolute Gasteiger partial charge is 0.456 e. The summed E-state index contributed by atoms with van der Waals surface area (Å²) < 4.78 is 13.0. The van der Waals surface area contributed by atoms with Crippen LogP contribution in [0.5, 0.6) is 0 Å². The molecule has 0 atom stereocenters. The van der Waals surface area contributed by atoms with E-state index < -0.39 is 0 Å². The van der Waals surface area contributed by atoms with Crippen molar-refractivity contribution in [1.82, 2.24) is 0 Å². The number of fused-ring (bicyclic) bond motifs is 13. The van der Waals surface area contributed by atoms with E-state index in [1.165, 1.54) is 54.4 Å². The topological polar surface area (TPSA) is 29.5 Å². The van der Waals surface area contributed by atoms with E-state index in [9.17, 15) is 0 Å². The molecule has 3 heteroatoms. The van der Waals surface area contributed by atoms with Crippen molar-refractivity contribution in [3.63, 3.8) is 0 Å². The van der Waals surface area contributed by atoms with Gasteiger partial charge in [0.2, 0.25) is 0 Å². The molecule has 2 aromatic heterocycles. The van der Waals surface area contributed by atoms with Crippen LogP contribution >= 0.6 is 0 Å². The maximum atomic E-state index is 6.67. The lowest BCUT2D eigenvalue weighted by atomic mass is 9.88. The molecule has 12 rings (SSSR count). The molecule has 2 heterocycles. The summed E-state index contributed by atoms with van der Waals surface area (Å²) in [5, 5.41) is 11.9. The molecule has 0 amide bonds. The van der Waals surface area contributed by atoms with Crippen LogP contribution in [0, 0.1) is 0 Å². The third-order valence-corrected chi connectivity index (χ3v) is 11.6. The van der Waals surface area contributed by atoms with Gasteiger partial charge in [0.1, 0.15) is 16.7 Å². The van der Waals surface area contributed by atoms with Crippen molar-refractivity contribution in [3.05, 3.63) is 200 Å². The zero-order valence-electron chi connectivity index (χ0n) is 30.8. The van der Waals surface area contributed by atoms with Gasteiger partial charge >= 0.3 is 0 Å². The van der Waals surface area contributed by atoms with Gasteiger partial charge in [0.05, 0.1) is 5.69 Å². The van der Waals surface area contributed by atoms with Gasteiger partial charge in [-0.2, -0.15) is 0 Å². The molecule has 0 bridgehead atoms. The molecule has 10 aromatic carbocycles. The van der Waals surface area contributed by atoms with Gasteiger partial charge in [-0.05, 0) is 104 Å². The Balaban J connectivity index is 1.10. The molecule has 0 aliphatic heterocycles. The fourth-order valence-corrected chi connectivity index (χ4v) is 9.13. The fraction of sp³-hybridized carbons (Fsp3) is 0. The molecule has 12 aromatic rings. The second-order valence-electron chi connectivity index (χ2n) is 14.8. The Labute approximate surface area is 328 Å². The first-order chi connectivity index (χ1) is 28.3. The summed E-state index contributed by atoms with van der Waals surface area (Å²) in [4.78, 5) is 2.34. The fourth-order valence-electron chi connectivity index (χ4n) is 9.13. The van der Waals surface area contributed by atoms with Crippen LogP contribution in [-0.2, 0) is 0 Å². The number of anilines is 3. The summed E-state index contributed by atoms with van der Waals surface area (Å²) >= 11 is 0. The van der Waals surface area contributed by atoms with Gasteiger partial charge in [-0.3, -0.25) is 0 Å². The monoisotopic (exact) mass is 727 g/mol. The van der Waals surface area contributed by atoms with Crippen LogP contribution in [0.2, 0.25) is 0 Å². The molecule has 0 fully saturated rings. The highest BCUT2D eigenvalue weighted by Crippen LogP contribution is 2.47. The summed E-state index contributed by atoms with van der Waals surface area (Å²) in [5.41, 5.74) is 11.3. The quantitative estimate of drug-likeness (QED) is 0.165. The van der Waals surface area contributed by atoms with Gasteiger partial charge in [0, 0.05) is 38.3 Å². The summed E-state index contributed by atoms with van der Waals surface area (Å²) in [7, 11) is 0. The summed E-state index contributed by atoms with van der Waals surface area (Å²) in [5.74, 6) is 0. The number of hydrogen-bond acceptors (Lipinski definition) is 3. The molecule has 0 radical (unpaired) electrons. The van der Waals surface area contributed by atoms with Crippen LogP contribution in [0.4, 0.5) is 17.1 Å². The first kappa shape index (κ1) is 31.7. The van der Waals surface area contributed by atoms with Gasteiger partial charge in [-0.15, -0.1) is 0 Å². The Kier molecular flexibility index (Phi) is 6.93. The van der Waals surface area contributed by atoms with Crippen LogP contribution in [0.15, 0.2) is 209 Å². The van der Waals surface area contributed by atoms with Crippen LogP contribution < -0.4 is 4.90 Å². The van der Waals surface area contributed by atoms with E-state index in [1.54, 1.807) is 0 Å². The third kappa shape index (κ3) is 4.86. The highest BCUT2D eigenvalue weighted by atomic mass is 16.3. The van der Waals surface area contributed by atoms with Gasteiger partial charge in [-0.1, -0.05) is 146 Å². The van der Waals surface area contributed by atoms with Crippen molar-refractivity contribution in [1.29, 1.82) is 0 Å². The Morgan fingerprint density at radius 1 is 0.298 bits per heavy atom. The van der Waals surface area contributed by atoms with Crippen molar-refractivity contribution in [2.24, 2.45) is 0 Å². The van der Waals surface area contributed by atoms with E-state index in [2.05, 4.69) is 187 Å². The number of nitrogens with zero attached hydrogens (tertiary/aromatic N) is 1. The maximum Gasteiger partial charge on any atom is 0.159 e. The first-order valence-electron chi connectivity index (χ1n) is 19.4. The van der Waals surface area contributed by atoms with Crippen molar-refractivity contribution in [3.8, 4) is 22.3 Å². The number of furan rings is 2. The molecule has 0 spiro atoms. The van der Waals surface area contributed by atoms with Crippen molar-refractivity contribution in [2.45, 2.75) is 0 Å². The molecule has 0 saturated heterocycles. The third-order valence-electron chi connectivity index (χ3n) is 11.6. The number of rotatable bonds is 5. The van der Waals surface area contributed by atoms with Crippen molar-refractivity contribution in [2.75, 3.05) is 4.90 Å².